The van der Waals surface area contributed by atoms with Crippen LogP contribution in [0.4, 0.5) is 0 Å². The summed E-state index contributed by atoms with van der Waals surface area (Å²) in [5, 5.41) is 2.32. The molecule has 0 saturated carbocycles. The Kier molecular flexibility index (Phi) is 7.03. The second kappa shape index (κ2) is 12.3. The standard InChI is InChI=1S/C46H29N5O/c1-3-13-31(14-4-1)43-48-44(32-15-5-2-6-16-32)50-45(49-43)33-27-25-30(26-28-33)34-17-11-18-35(29-34)51-40-23-9-7-19-36(40)37-20-12-21-38(42(37)51)46-47-39-22-8-10-24-41(39)52-46/h1-29H. The van der Waals surface area contributed by atoms with E-state index in [1.165, 1.54) is 5.39 Å². The molecule has 0 fully saturated rings. The maximum absolute atomic E-state index is 6.32. The van der Waals surface area contributed by atoms with Gasteiger partial charge in [-0.2, -0.15) is 0 Å². The normalized spacial score (nSPS) is 11.5. The fraction of sp³-hybridized carbons (Fsp3) is 0. The zero-order valence-corrected chi connectivity index (χ0v) is 27.9. The van der Waals surface area contributed by atoms with Gasteiger partial charge in [0.2, 0.25) is 5.89 Å². The molecule has 0 saturated heterocycles. The summed E-state index contributed by atoms with van der Waals surface area (Å²) < 4.78 is 8.64. The van der Waals surface area contributed by atoms with Crippen LogP contribution in [0.2, 0.25) is 0 Å². The van der Waals surface area contributed by atoms with Gasteiger partial charge >= 0.3 is 0 Å². The van der Waals surface area contributed by atoms with E-state index in [9.17, 15) is 0 Å². The molecule has 0 spiro atoms. The summed E-state index contributed by atoms with van der Waals surface area (Å²) in [6.45, 7) is 0. The molecule has 0 amide bonds. The number of oxazole rings is 1. The van der Waals surface area contributed by atoms with Crippen LogP contribution < -0.4 is 0 Å². The van der Waals surface area contributed by atoms with Crippen LogP contribution in [-0.2, 0) is 0 Å². The number of hydrogen-bond donors (Lipinski definition) is 0. The third-order valence-corrected chi connectivity index (χ3v) is 9.50. The zero-order valence-electron chi connectivity index (χ0n) is 27.9. The van der Waals surface area contributed by atoms with Crippen molar-refractivity contribution in [2.45, 2.75) is 0 Å². The van der Waals surface area contributed by atoms with Gasteiger partial charge in [0.25, 0.3) is 0 Å². The Labute approximate surface area is 299 Å². The Hall–Kier alpha value is -7.18. The van der Waals surface area contributed by atoms with Gasteiger partial charge in [0, 0.05) is 33.2 Å². The van der Waals surface area contributed by atoms with E-state index in [1.807, 2.05) is 84.9 Å². The lowest BCUT2D eigenvalue weighted by molar-refractivity contribution is 0.620. The van der Waals surface area contributed by atoms with Crippen molar-refractivity contribution in [1.29, 1.82) is 0 Å². The van der Waals surface area contributed by atoms with E-state index in [2.05, 4.69) is 95.6 Å². The third-order valence-electron chi connectivity index (χ3n) is 9.50. The van der Waals surface area contributed by atoms with E-state index in [0.717, 1.165) is 66.6 Å². The van der Waals surface area contributed by atoms with Gasteiger partial charge in [0.1, 0.15) is 5.52 Å². The molecule has 3 aromatic heterocycles. The molecule has 0 radical (unpaired) electrons. The van der Waals surface area contributed by atoms with Crippen molar-refractivity contribution in [1.82, 2.24) is 24.5 Å². The first-order valence-electron chi connectivity index (χ1n) is 17.2. The molecule has 0 aliphatic heterocycles. The topological polar surface area (TPSA) is 69.6 Å². The zero-order chi connectivity index (χ0) is 34.4. The van der Waals surface area contributed by atoms with Crippen LogP contribution in [0, 0.1) is 0 Å². The van der Waals surface area contributed by atoms with Crippen molar-refractivity contribution in [3.8, 4) is 62.4 Å². The quantitative estimate of drug-likeness (QED) is 0.176. The molecule has 10 rings (SSSR count). The maximum atomic E-state index is 6.32. The number of aromatic nitrogens is 5. The van der Waals surface area contributed by atoms with Gasteiger partial charge in [-0.15, -0.1) is 0 Å². The lowest BCUT2D eigenvalue weighted by Crippen LogP contribution is -2.00. The average molecular weight is 668 g/mol. The second-order valence-electron chi connectivity index (χ2n) is 12.7. The molecule has 52 heavy (non-hydrogen) atoms. The largest absolute Gasteiger partial charge is 0.436 e. The van der Waals surface area contributed by atoms with E-state index in [0.29, 0.717) is 23.4 Å². The SMILES string of the molecule is c1ccc(-c2nc(-c3ccccc3)nc(-c3ccc(-c4cccc(-n5c6ccccc6c6cccc(-c7nc8ccccc8o7)c65)c4)cc3)n2)cc1. The Morgan fingerprint density at radius 2 is 0.962 bits per heavy atom. The summed E-state index contributed by atoms with van der Waals surface area (Å²) in [7, 11) is 0. The predicted molar refractivity (Wildman–Crippen MR) is 209 cm³/mol. The summed E-state index contributed by atoms with van der Waals surface area (Å²) in [6, 6.07) is 60.0. The third kappa shape index (κ3) is 5.13. The molecule has 3 heterocycles. The molecule has 6 nitrogen and oxygen atoms in total. The van der Waals surface area contributed by atoms with Crippen molar-refractivity contribution in [3.05, 3.63) is 176 Å². The number of para-hydroxylation sites is 4. The summed E-state index contributed by atoms with van der Waals surface area (Å²) in [5.41, 5.74) is 10.8. The summed E-state index contributed by atoms with van der Waals surface area (Å²) >= 11 is 0. The van der Waals surface area contributed by atoms with Crippen molar-refractivity contribution in [2.24, 2.45) is 0 Å². The molecule has 0 aliphatic carbocycles. The summed E-state index contributed by atoms with van der Waals surface area (Å²) in [4.78, 5) is 19.6. The maximum Gasteiger partial charge on any atom is 0.229 e. The van der Waals surface area contributed by atoms with Gasteiger partial charge in [-0.25, -0.2) is 19.9 Å². The van der Waals surface area contributed by atoms with Crippen LogP contribution in [-0.4, -0.2) is 24.5 Å². The van der Waals surface area contributed by atoms with Crippen molar-refractivity contribution < 1.29 is 4.42 Å². The lowest BCUT2D eigenvalue weighted by Gasteiger charge is -2.12. The van der Waals surface area contributed by atoms with Crippen molar-refractivity contribution >= 4 is 32.9 Å². The number of rotatable bonds is 6. The molecular formula is C46H29N5O. The van der Waals surface area contributed by atoms with Crippen molar-refractivity contribution in [3.63, 3.8) is 0 Å². The summed E-state index contributed by atoms with van der Waals surface area (Å²) in [5.74, 6) is 2.52. The van der Waals surface area contributed by atoms with E-state index in [1.54, 1.807) is 0 Å². The minimum Gasteiger partial charge on any atom is -0.436 e. The van der Waals surface area contributed by atoms with Crippen LogP contribution in [0.1, 0.15) is 0 Å². The first kappa shape index (κ1) is 29.7. The molecule has 0 N–H and O–H groups in total. The molecule has 0 unspecified atom stereocenters. The Morgan fingerprint density at radius 3 is 1.67 bits per heavy atom. The average Bonchev–Trinajstić information content (AvgIpc) is 3.81. The van der Waals surface area contributed by atoms with Gasteiger partial charge in [0.05, 0.1) is 16.6 Å². The fourth-order valence-corrected chi connectivity index (χ4v) is 7.02. The molecule has 0 atom stereocenters. The van der Waals surface area contributed by atoms with Gasteiger partial charge in [-0.1, -0.05) is 140 Å². The van der Waals surface area contributed by atoms with Crippen LogP contribution in [0.3, 0.4) is 0 Å². The molecular weight excluding hydrogens is 639 g/mol. The summed E-state index contributed by atoms with van der Waals surface area (Å²) in [6.07, 6.45) is 0. The van der Waals surface area contributed by atoms with E-state index < -0.39 is 0 Å². The second-order valence-corrected chi connectivity index (χ2v) is 12.7. The Bertz CT molecular complexity index is 2800. The first-order chi connectivity index (χ1) is 25.8. The van der Waals surface area contributed by atoms with E-state index >= 15 is 0 Å². The predicted octanol–water partition coefficient (Wildman–Crippen LogP) is 11.4. The minimum absolute atomic E-state index is 0.603. The fourth-order valence-electron chi connectivity index (χ4n) is 7.02. The number of hydrogen-bond acceptors (Lipinski definition) is 5. The van der Waals surface area contributed by atoms with Gasteiger partial charge in [0.15, 0.2) is 23.1 Å². The highest BCUT2D eigenvalue weighted by Gasteiger charge is 2.20. The molecule has 0 bridgehead atoms. The Balaban J connectivity index is 1.07. The smallest absolute Gasteiger partial charge is 0.229 e. The van der Waals surface area contributed by atoms with Crippen LogP contribution in [0.5, 0.6) is 0 Å². The molecule has 244 valence electrons. The van der Waals surface area contributed by atoms with E-state index in [-0.39, 0.29) is 0 Å². The van der Waals surface area contributed by atoms with Gasteiger partial charge in [-0.3, -0.25) is 0 Å². The number of fused-ring (bicyclic) bond motifs is 4. The van der Waals surface area contributed by atoms with Crippen LogP contribution in [0.15, 0.2) is 180 Å². The van der Waals surface area contributed by atoms with E-state index in [4.69, 9.17) is 24.4 Å². The molecule has 10 aromatic rings. The highest BCUT2D eigenvalue weighted by atomic mass is 16.3. The van der Waals surface area contributed by atoms with Gasteiger partial charge in [-0.05, 0) is 47.5 Å². The van der Waals surface area contributed by atoms with Crippen LogP contribution >= 0.6 is 0 Å². The highest BCUT2D eigenvalue weighted by Crippen LogP contribution is 2.39. The van der Waals surface area contributed by atoms with Gasteiger partial charge < -0.3 is 8.98 Å². The number of benzene rings is 7. The monoisotopic (exact) mass is 667 g/mol. The van der Waals surface area contributed by atoms with Crippen molar-refractivity contribution in [2.75, 3.05) is 0 Å². The highest BCUT2D eigenvalue weighted by molar-refractivity contribution is 6.13. The lowest BCUT2D eigenvalue weighted by atomic mass is 10.0. The number of nitrogens with zero attached hydrogens (tertiary/aromatic N) is 5. The first-order valence-corrected chi connectivity index (χ1v) is 17.2. The molecule has 7 aromatic carbocycles. The molecule has 6 heteroatoms. The van der Waals surface area contributed by atoms with Crippen LogP contribution in [0.25, 0.3) is 95.3 Å². The minimum atomic E-state index is 0.603. The molecule has 0 aliphatic rings. The Morgan fingerprint density at radius 1 is 0.404 bits per heavy atom.